The summed E-state index contributed by atoms with van der Waals surface area (Å²) in [4.78, 5) is 36.2. The van der Waals surface area contributed by atoms with Crippen molar-refractivity contribution in [2.75, 3.05) is 6.54 Å². The topological polar surface area (TPSA) is 200 Å². The van der Waals surface area contributed by atoms with Gasteiger partial charge in [-0.2, -0.15) is 0 Å². The molecule has 7 N–H and O–H groups in total. The first-order valence-corrected chi connectivity index (χ1v) is 5.76. The maximum atomic E-state index is 11.4. The van der Waals surface area contributed by atoms with Crippen molar-refractivity contribution < 1.29 is 83.7 Å². The average Bonchev–Trinajstić information content (AvgIpc) is 2.31. The smallest absolute Gasteiger partial charge is 0.550 e. The summed E-state index contributed by atoms with van der Waals surface area (Å²) in [6.07, 6.45) is -0.408. The number of carboxylic acid groups (broad SMARTS) is 2. The number of hydrogen-bond donors (Lipinski definition) is 4. The van der Waals surface area contributed by atoms with Gasteiger partial charge in [-0.1, -0.05) is 0 Å². The molecule has 0 saturated carbocycles. The molecule has 0 spiro atoms. The number of aliphatic imine (C=N–C) groups is 1. The summed E-state index contributed by atoms with van der Waals surface area (Å²) in [5.41, 5.74) is 15.4. The van der Waals surface area contributed by atoms with E-state index in [9.17, 15) is 24.6 Å². The molecule has 2 atom stereocenters. The maximum absolute atomic E-state index is 11.4. The van der Waals surface area contributed by atoms with Crippen LogP contribution in [0.1, 0.15) is 19.3 Å². The van der Waals surface area contributed by atoms with Crippen LogP contribution in [0.2, 0.25) is 0 Å². The standard InChI is InChI=1S/C10H19N5O5.2Na/c11-5(4-7(16)17)8(18)15-6(9(19)20)2-1-3-14-10(12)13;;/h5-6H,1-4,11H2,(H,15,18)(H,16,17)(H,19,20)(H4,12,13,14);;/q;2*+1/p-2/t5-,6-;;/m0../s1. The number of nitrogens with two attached hydrogens (primary N) is 3. The Morgan fingerprint density at radius 2 is 1.68 bits per heavy atom. The van der Waals surface area contributed by atoms with Gasteiger partial charge >= 0.3 is 59.1 Å². The quantitative estimate of drug-likeness (QED) is 0.138. The SMILES string of the molecule is NC(N)=NCCC[C@H](NC(=O)[C@@H](N)CC(=O)[O-])C(=O)[O-].[Na+].[Na+]. The number of rotatable bonds is 9. The first kappa shape index (κ1) is 26.5. The minimum absolute atomic E-state index is 0. The molecule has 0 unspecified atom stereocenters. The second-order valence-electron chi connectivity index (χ2n) is 4.01. The van der Waals surface area contributed by atoms with Gasteiger partial charge in [-0.3, -0.25) is 9.79 Å². The van der Waals surface area contributed by atoms with Gasteiger partial charge in [0.15, 0.2) is 5.96 Å². The third-order valence-corrected chi connectivity index (χ3v) is 2.27. The van der Waals surface area contributed by atoms with E-state index in [1.165, 1.54) is 0 Å². The number of carboxylic acids is 2. The van der Waals surface area contributed by atoms with Crippen LogP contribution in [0.4, 0.5) is 0 Å². The predicted molar refractivity (Wildman–Crippen MR) is 64.4 cm³/mol. The molecule has 0 radical (unpaired) electrons. The Hall–Kier alpha value is -0.360. The molecule has 12 heteroatoms. The van der Waals surface area contributed by atoms with Crippen molar-refractivity contribution in [2.45, 2.75) is 31.3 Å². The number of hydrogen-bond acceptors (Lipinski definition) is 7. The Bertz CT molecular complexity index is 403. The zero-order chi connectivity index (χ0) is 15.7. The number of nitrogens with zero attached hydrogens (tertiary/aromatic N) is 1. The van der Waals surface area contributed by atoms with Crippen molar-refractivity contribution >= 4 is 23.8 Å². The summed E-state index contributed by atoms with van der Waals surface area (Å²) >= 11 is 0. The average molecular weight is 333 g/mol. The van der Waals surface area contributed by atoms with E-state index in [4.69, 9.17) is 17.2 Å². The number of amides is 1. The molecule has 0 saturated heterocycles. The molecule has 0 bridgehead atoms. The zero-order valence-electron chi connectivity index (χ0n) is 12.7. The van der Waals surface area contributed by atoms with Crippen LogP contribution >= 0.6 is 0 Å². The summed E-state index contributed by atoms with van der Waals surface area (Å²) in [5, 5.41) is 23.2. The van der Waals surface area contributed by atoms with E-state index in [2.05, 4.69) is 10.3 Å². The van der Waals surface area contributed by atoms with E-state index in [0.29, 0.717) is 0 Å². The van der Waals surface area contributed by atoms with Crippen molar-refractivity contribution in [1.29, 1.82) is 0 Å². The summed E-state index contributed by atoms with van der Waals surface area (Å²) in [7, 11) is 0. The predicted octanol–water partition coefficient (Wildman–Crippen LogP) is -11.3. The Kier molecular flexibility index (Phi) is 17.2. The van der Waals surface area contributed by atoms with Gasteiger partial charge in [0.05, 0.1) is 18.1 Å². The van der Waals surface area contributed by atoms with E-state index in [0.717, 1.165) is 0 Å². The van der Waals surface area contributed by atoms with Gasteiger partial charge in [0, 0.05) is 18.9 Å². The van der Waals surface area contributed by atoms with Gasteiger partial charge in [0.1, 0.15) is 0 Å². The van der Waals surface area contributed by atoms with Gasteiger partial charge in [-0.05, 0) is 12.8 Å². The molecule has 1 amide bonds. The molecule has 10 nitrogen and oxygen atoms in total. The van der Waals surface area contributed by atoms with Crippen molar-refractivity contribution in [1.82, 2.24) is 5.32 Å². The molecule has 0 aromatic rings. The van der Waals surface area contributed by atoms with Crippen LogP contribution in [0.5, 0.6) is 0 Å². The molecule has 0 fully saturated rings. The third-order valence-electron chi connectivity index (χ3n) is 2.27. The van der Waals surface area contributed by atoms with Crippen LogP contribution in [0, 0.1) is 0 Å². The fraction of sp³-hybridized carbons (Fsp3) is 0.600. The monoisotopic (exact) mass is 333 g/mol. The second-order valence-corrected chi connectivity index (χ2v) is 4.01. The normalized spacial score (nSPS) is 11.9. The molecule has 0 heterocycles. The summed E-state index contributed by atoms with van der Waals surface area (Å²) in [5.74, 6) is -4.06. The molecular formula is C10H17N5Na2O5. The molecule has 0 aromatic heterocycles. The molecular weight excluding hydrogens is 316 g/mol. The zero-order valence-corrected chi connectivity index (χ0v) is 16.7. The van der Waals surface area contributed by atoms with Crippen LogP contribution in [-0.4, -0.2) is 42.4 Å². The van der Waals surface area contributed by atoms with Gasteiger partial charge < -0.3 is 42.3 Å². The summed E-state index contributed by atoms with van der Waals surface area (Å²) in [6.45, 7) is 0.188. The van der Waals surface area contributed by atoms with E-state index in [1.807, 2.05) is 0 Å². The Morgan fingerprint density at radius 3 is 2.09 bits per heavy atom. The van der Waals surface area contributed by atoms with Gasteiger partial charge in [0.25, 0.3) is 0 Å². The largest absolute Gasteiger partial charge is 1.00 e. The van der Waals surface area contributed by atoms with E-state index >= 15 is 0 Å². The number of aliphatic carboxylic acids is 2. The fourth-order valence-electron chi connectivity index (χ4n) is 1.30. The van der Waals surface area contributed by atoms with Crippen molar-refractivity contribution in [3.05, 3.63) is 0 Å². The summed E-state index contributed by atoms with van der Waals surface area (Å²) < 4.78 is 0. The van der Waals surface area contributed by atoms with E-state index in [-0.39, 0.29) is 84.5 Å². The van der Waals surface area contributed by atoms with Gasteiger partial charge in [-0.25, -0.2) is 0 Å². The Labute approximate surface area is 171 Å². The molecule has 0 aromatic carbocycles. The third kappa shape index (κ3) is 13.3. The molecule has 0 rings (SSSR count). The van der Waals surface area contributed by atoms with Crippen LogP contribution in [0.3, 0.4) is 0 Å². The van der Waals surface area contributed by atoms with Crippen LogP contribution < -0.4 is 91.8 Å². The number of carbonyl (C=O) groups is 3. The Balaban J connectivity index is -0.00000180. The molecule has 0 aliphatic carbocycles. The summed E-state index contributed by atoms with van der Waals surface area (Å²) in [6, 6.07) is -2.69. The van der Waals surface area contributed by atoms with Crippen molar-refractivity contribution in [3.8, 4) is 0 Å². The van der Waals surface area contributed by atoms with Gasteiger partial charge in [0.2, 0.25) is 5.91 Å². The van der Waals surface area contributed by atoms with Crippen LogP contribution in [-0.2, 0) is 14.4 Å². The molecule has 0 aliphatic rings. The van der Waals surface area contributed by atoms with Crippen molar-refractivity contribution in [3.63, 3.8) is 0 Å². The second kappa shape index (κ2) is 14.2. The first-order valence-electron chi connectivity index (χ1n) is 5.76. The number of carbonyl (C=O) groups excluding carboxylic acids is 3. The minimum Gasteiger partial charge on any atom is -0.550 e. The molecule has 0 aliphatic heterocycles. The molecule has 22 heavy (non-hydrogen) atoms. The number of nitrogens with one attached hydrogen (secondary N) is 1. The van der Waals surface area contributed by atoms with E-state index < -0.39 is 36.4 Å². The van der Waals surface area contributed by atoms with Crippen molar-refractivity contribution in [2.24, 2.45) is 22.2 Å². The van der Waals surface area contributed by atoms with E-state index in [1.54, 1.807) is 0 Å². The first-order chi connectivity index (χ1) is 9.23. The fourth-order valence-corrected chi connectivity index (χ4v) is 1.30. The van der Waals surface area contributed by atoms with Crippen LogP contribution in [0.25, 0.3) is 0 Å². The maximum Gasteiger partial charge on any atom is 1.00 e. The number of guanidine groups is 1. The minimum atomic E-state index is -1.51. The Morgan fingerprint density at radius 1 is 1.14 bits per heavy atom. The van der Waals surface area contributed by atoms with Gasteiger partial charge in [-0.15, -0.1) is 0 Å². The van der Waals surface area contributed by atoms with Crippen LogP contribution in [0.15, 0.2) is 4.99 Å². The molecule has 114 valence electrons.